The van der Waals surface area contributed by atoms with E-state index in [2.05, 4.69) is 0 Å². The second-order valence-electron chi connectivity index (χ2n) is 8.04. The molecular formula is C22H23NO4. The number of carbonyl (C=O) groups excluding carboxylic acids is 2. The normalized spacial score (nSPS) is 18.3. The Balaban J connectivity index is 1.45. The largest absolute Gasteiger partial charge is 0.488 e. The molecule has 4 rings (SSSR count). The topological polar surface area (TPSA) is 55.8 Å². The van der Waals surface area contributed by atoms with Gasteiger partial charge in [-0.25, -0.2) is 4.79 Å². The summed E-state index contributed by atoms with van der Waals surface area (Å²) >= 11 is 0. The van der Waals surface area contributed by atoms with Gasteiger partial charge in [-0.2, -0.15) is 0 Å². The molecule has 0 saturated carbocycles. The smallest absolute Gasteiger partial charge is 0.410 e. The lowest BCUT2D eigenvalue weighted by Crippen LogP contribution is -2.36. The Morgan fingerprint density at radius 2 is 1.74 bits per heavy atom. The molecule has 0 radical (unpaired) electrons. The molecule has 1 saturated heterocycles. The number of likely N-dealkylation sites (tertiary alicyclic amines) is 1. The Morgan fingerprint density at radius 1 is 1.04 bits per heavy atom. The summed E-state index contributed by atoms with van der Waals surface area (Å²) in [6.07, 6.45) is 0.326. The summed E-state index contributed by atoms with van der Waals surface area (Å²) in [5.41, 5.74) is 2.83. The molecule has 0 N–H and O–H groups in total. The minimum absolute atomic E-state index is 0.0350. The van der Waals surface area contributed by atoms with Crippen molar-refractivity contribution in [3.8, 4) is 16.9 Å². The first kappa shape index (κ1) is 17.6. The van der Waals surface area contributed by atoms with E-state index >= 15 is 0 Å². The van der Waals surface area contributed by atoms with E-state index in [1.165, 1.54) is 0 Å². The zero-order chi connectivity index (χ0) is 19.2. The second-order valence-corrected chi connectivity index (χ2v) is 8.04. The predicted molar refractivity (Wildman–Crippen MR) is 102 cm³/mol. The quantitative estimate of drug-likeness (QED) is 0.680. The van der Waals surface area contributed by atoms with Gasteiger partial charge in [-0.15, -0.1) is 0 Å². The Morgan fingerprint density at radius 3 is 2.48 bits per heavy atom. The van der Waals surface area contributed by atoms with Crippen molar-refractivity contribution in [2.45, 2.75) is 38.9 Å². The van der Waals surface area contributed by atoms with E-state index < -0.39 is 5.60 Å². The van der Waals surface area contributed by atoms with E-state index in [-0.39, 0.29) is 18.0 Å². The molecule has 140 valence electrons. The molecular weight excluding hydrogens is 342 g/mol. The van der Waals surface area contributed by atoms with E-state index in [9.17, 15) is 9.59 Å². The summed E-state index contributed by atoms with van der Waals surface area (Å²) in [7, 11) is 0. The number of nitrogens with zero attached hydrogens (tertiary/aromatic N) is 1. The molecule has 0 spiro atoms. The molecule has 2 aromatic rings. The highest BCUT2D eigenvalue weighted by Gasteiger charge is 2.32. The van der Waals surface area contributed by atoms with E-state index in [1.54, 1.807) is 4.90 Å². The molecule has 1 atom stereocenters. The Hall–Kier alpha value is -2.82. The fraction of sp³-hybridized carbons (Fsp3) is 0.364. The number of benzene rings is 2. The molecule has 5 heteroatoms. The SMILES string of the molecule is CC(C)(C)OC(=O)N1CCC(Oc2ccc3c(c2)C(=O)c2ccccc2-3)C1. The van der Waals surface area contributed by atoms with Gasteiger partial charge in [-0.3, -0.25) is 4.79 Å². The molecule has 1 unspecified atom stereocenters. The number of ether oxygens (including phenoxy) is 2. The molecule has 2 aromatic carbocycles. The monoisotopic (exact) mass is 365 g/mol. The predicted octanol–water partition coefficient (Wildman–Crippen LogP) is 4.29. The van der Waals surface area contributed by atoms with Crippen molar-refractivity contribution in [3.05, 3.63) is 53.6 Å². The van der Waals surface area contributed by atoms with E-state index in [4.69, 9.17) is 9.47 Å². The number of amides is 1. The van der Waals surface area contributed by atoms with Crippen molar-refractivity contribution >= 4 is 11.9 Å². The first-order valence-corrected chi connectivity index (χ1v) is 9.24. The number of hydrogen-bond donors (Lipinski definition) is 0. The Kier molecular flexibility index (Phi) is 4.17. The summed E-state index contributed by atoms with van der Waals surface area (Å²) in [6.45, 7) is 6.66. The van der Waals surface area contributed by atoms with Gasteiger partial charge in [0.25, 0.3) is 0 Å². The van der Waals surface area contributed by atoms with Crippen LogP contribution < -0.4 is 4.74 Å². The number of ketones is 1. The third-order valence-electron chi connectivity index (χ3n) is 4.80. The Bertz CT molecular complexity index is 913. The Labute approximate surface area is 158 Å². The van der Waals surface area contributed by atoms with Crippen LogP contribution in [0.1, 0.15) is 43.1 Å². The molecule has 1 aliphatic carbocycles. The zero-order valence-corrected chi connectivity index (χ0v) is 15.8. The molecule has 0 bridgehead atoms. The van der Waals surface area contributed by atoms with Gasteiger partial charge in [0, 0.05) is 24.1 Å². The van der Waals surface area contributed by atoms with Crippen LogP contribution in [0.3, 0.4) is 0 Å². The van der Waals surface area contributed by atoms with Crippen LogP contribution in [0.2, 0.25) is 0 Å². The maximum atomic E-state index is 12.6. The van der Waals surface area contributed by atoms with Crippen LogP contribution in [0.15, 0.2) is 42.5 Å². The van der Waals surface area contributed by atoms with E-state index in [1.807, 2.05) is 63.2 Å². The van der Waals surface area contributed by atoms with Crippen molar-refractivity contribution in [2.24, 2.45) is 0 Å². The molecule has 1 amide bonds. The van der Waals surface area contributed by atoms with Gasteiger partial charge in [-0.05, 0) is 50.1 Å². The number of carbonyl (C=O) groups is 2. The van der Waals surface area contributed by atoms with E-state index in [0.717, 1.165) is 23.1 Å². The van der Waals surface area contributed by atoms with Crippen LogP contribution in [0.5, 0.6) is 5.75 Å². The van der Waals surface area contributed by atoms with Crippen molar-refractivity contribution in [1.82, 2.24) is 4.90 Å². The standard InChI is InChI=1S/C22H23NO4/c1-22(2,3)27-21(25)23-11-10-15(13-23)26-14-8-9-17-16-6-4-5-7-18(16)20(24)19(17)12-14/h4-9,12,15H,10-11,13H2,1-3H3. The average molecular weight is 365 g/mol. The number of hydrogen-bond acceptors (Lipinski definition) is 4. The average Bonchev–Trinajstić information content (AvgIpc) is 3.18. The number of rotatable bonds is 2. The van der Waals surface area contributed by atoms with Gasteiger partial charge >= 0.3 is 6.09 Å². The third kappa shape index (κ3) is 3.42. The first-order valence-electron chi connectivity index (χ1n) is 9.24. The zero-order valence-electron chi connectivity index (χ0n) is 15.8. The maximum absolute atomic E-state index is 12.6. The van der Waals surface area contributed by atoms with Crippen LogP contribution in [0, 0.1) is 0 Å². The highest BCUT2D eigenvalue weighted by molar-refractivity contribution is 6.21. The summed E-state index contributed by atoms with van der Waals surface area (Å²) in [4.78, 5) is 26.5. The highest BCUT2D eigenvalue weighted by atomic mass is 16.6. The minimum Gasteiger partial charge on any atom is -0.488 e. The summed E-state index contributed by atoms with van der Waals surface area (Å²) in [5.74, 6) is 0.693. The van der Waals surface area contributed by atoms with Gasteiger partial charge < -0.3 is 14.4 Å². The lowest BCUT2D eigenvalue weighted by atomic mass is 10.1. The van der Waals surface area contributed by atoms with Crippen LogP contribution in [0.25, 0.3) is 11.1 Å². The molecule has 1 heterocycles. The minimum atomic E-state index is -0.509. The summed E-state index contributed by atoms with van der Waals surface area (Å²) in [6, 6.07) is 13.3. The van der Waals surface area contributed by atoms with Crippen LogP contribution in [-0.2, 0) is 4.74 Å². The van der Waals surface area contributed by atoms with Crippen LogP contribution in [0.4, 0.5) is 4.79 Å². The highest BCUT2D eigenvalue weighted by Crippen LogP contribution is 2.38. The van der Waals surface area contributed by atoms with Gasteiger partial charge in [-0.1, -0.05) is 24.3 Å². The number of fused-ring (bicyclic) bond motifs is 3. The summed E-state index contributed by atoms with van der Waals surface area (Å²) < 4.78 is 11.5. The molecule has 0 aromatic heterocycles. The van der Waals surface area contributed by atoms with E-state index in [0.29, 0.717) is 24.4 Å². The van der Waals surface area contributed by atoms with Gasteiger partial charge in [0.15, 0.2) is 5.78 Å². The lowest BCUT2D eigenvalue weighted by molar-refractivity contribution is 0.0275. The summed E-state index contributed by atoms with van der Waals surface area (Å²) in [5, 5.41) is 0. The molecule has 2 aliphatic rings. The first-order chi connectivity index (χ1) is 12.8. The second kappa shape index (κ2) is 6.41. The van der Waals surface area contributed by atoms with Gasteiger partial charge in [0.1, 0.15) is 17.5 Å². The van der Waals surface area contributed by atoms with Crippen molar-refractivity contribution in [2.75, 3.05) is 13.1 Å². The maximum Gasteiger partial charge on any atom is 0.410 e. The fourth-order valence-electron chi connectivity index (χ4n) is 3.59. The third-order valence-corrected chi connectivity index (χ3v) is 4.80. The van der Waals surface area contributed by atoms with Crippen molar-refractivity contribution in [1.29, 1.82) is 0 Å². The molecule has 1 aliphatic heterocycles. The molecule has 5 nitrogen and oxygen atoms in total. The van der Waals surface area contributed by atoms with Crippen LogP contribution >= 0.6 is 0 Å². The lowest BCUT2D eigenvalue weighted by Gasteiger charge is -2.24. The van der Waals surface area contributed by atoms with Gasteiger partial charge in [0.2, 0.25) is 0 Å². The molecule has 27 heavy (non-hydrogen) atoms. The van der Waals surface area contributed by atoms with Crippen molar-refractivity contribution in [3.63, 3.8) is 0 Å². The van der Waals surface area contributed by atoms with Crippen LogP contribution in [-0.4, -0.2) is 41.6 Å². The fourth-order valence-corrected chi connectivity index (χ4v) is 3.59. The van der Waals surface area contributed by atoms with Crippen molar-refractivity contribution < 1.29 is 19.1 Å². The van der Waals surface area contributed by atoms with Gasteiger partial charge in [0.05, 0.1) is 6.54 Å². The molecule has 1 fully saturated rings.